The number of benzene rings is 1. The summed E-state index contributed by atoms with van der Waals surface area (Å²) in [5.74, 6) is 1.83. The largest absolute Gasteiger partial charge is 0.762 e. The Morgan fingerprint density at radius 3 is 1.83 bits per heavy atom. The number of hydrogen-bond donors (Lipinski definition) is 0. The molecule has 0 N–H and O–H groups in total. The van der Waals surface area contributed by atoms with Gasteiger partial charge >= 0.3 is 0 Å². The molecule has 1 aliphatic carbocycles. The Balaban J connectivity index is 0.000000505. The molecule has 0 heterocycles. The van der Waals surface area contributed by atoms with Crippen LogP contribution in [0.4, 0.5) is 0 Å². The molecule has 0 amide bonds. The average molecular weight is 315 g/mol. The van der Waals surface area contributed by atoms with Crippen molar-refractivity contribution < 1.29 is 4.48 Å². The fourth-order valence-electron chi connectivity index (χ4n) is 1.96. The molecule has 0 unspecified atom stereocenters. The lowest BCUT2D eigenvalue weighted by Gasteiger charge is -2.14. The summed E-state index contributed by atoms with van der Waals surface area (Å²) in [6, 6.07) is 12.6. The first-order chi connectivity index (χ1) is 11.3. The Kier molecular flexibility index (Phi) is 6.00. The molecule has 0 aliphatic heterocycles. The van der Waals surface area contributed by atoms with Crippen molar-refractivity contribution in [1.82, 2.24) is 0 Å². The van der Waals surface area contributed by atoms with Crippen molar-refractivity contribution in [2.24, 2.45) is 0 Å². The minimum atomic E-state index is -0.0299. The molecule has 0 atom stereocenters. The molecule has 1 aromatic carbocycles. The van der Waals surface area contributed by atoms with Gasteiger partial charge in [-0.05, 0) is 17.2 Å². The highest BCUT2D eigenvalue weighted by atomic mass is 15.2. The molecule has 0 aromatic heterocycles. The van der Waals surface area contributed by atoms with E-state index in [1.165, 1.54) is 0 Å². The third-order valence-electron chi connectivity index (χ3n) is 2.78. The van der Waals surface area contributed by atoms with Crippen LogP contribution in [0.3, 0.4) is 0 Å². The van der Waals surface area contributed by atoms with Gasteiger partial charge in [-0.2, -0.15) is 15.8 Å². The quantitative estimate of drug-likeness (QED) is 0.453. The normalized spacial score (nSPS) is 11.4. The highest BCUT2D eigenvalue weighted by molar-refractivity contribution is 6.07. The van der Waals surface area contributed by atoms with Crippen LogP contribution in [0, 0.1) is 34.0 Å². The summed E-state index contributed by atoms with van der Waals surface area (Å²) in [5, 5.41) is 35.8. The van der Waals surface area contributed by atoms with Crippen molar-refractivity contribution in [2.45, 2.75) is 0 Å². The first-order valence-electron chi connectivity index (χ1n) is 7.09. The Morgan fingerprint density at radius 1 is 0.917 bits per heavy atom. The molecule has 1 aliphatic rings. The Bertz CT molecular complexity index is 861. The van der Waals surface area contributed by atoms with Gasteiger partial charge in [0.2, 0.25) is 0 Å². The van der Waals surface area contributed by atoms with Gasteiger partial charge in [0.1, 0.15) is 23.8 Å². The number of nitriles is 3. The second-order valence-electron chi connectivity index (χ2n) is 6.40. The molecule has 0 fully saturated rings. The van der Waals surface area contributed by atoms with E-state index in [4.69, 9.17) is 21.2 Å². The third kappa shape index (κ3) is 4.54. The summed E-state index contributed by atoms with van der Waals surface area (Å²) in [5.41, 5.74) is 2.24. The van der Waals surface area contributed by atoms with Crippen molar-refractivity contribution in [2.75, 3.05) is 28.2 Å². The van der Waals surface area contributed by atoms with Gasteiger partial charge in [-0.25, -0.2) is 5.87 Å². The number of allylic oxidation sites excluding steroid dienone is 5. The molecule has 5 heteroatoms. The van der Waals surface area contributed by atoms with Crippen LogP contribution in [0.5, 0.6) is 0 Å². The van der Waals surface area contributed by atoms with Crippen LogP contribution in [-0.2, 0) is 0 Å². The molecule has 0 radical (unpaired) electrons. The third-order valence-corrected chi connectivity index (χ3v) is 2.78. The van der Waals surface area contributed by atoms with Crippen molar-refractivity contribution in [3.63, 3.8) is 0 Å². The molecule has 5 nitrogen and oxygen atoms in total. The van der Waals surface area contributed by atoms with E-state index in [-0.39, 0.29) is 11.1 Å². The molecule has 0 spiro atoms. The van der Waals surface area contributed by atoms with Gasteiger partial charge < -0.3 is 9.89 Å². The van der Waals surface area contributed by atoms with Gasteiger partial charge in [0, 0.05) is 11.1 Å². The lowest BCUT2D eigenvalue weighted by Crippen LogP contribution is -2.27. The van der Waals surface area contributed by atoms with E-state index >= 15 is 0 Å². The fourth-order valence-corrected chi connectivity index (χ4v) is 1.96. The molecule has 118 valence electrons. The minimum Gasteiger partial charge on any atom is -0.762 e. The monoisotopic (exact) mass is 315 g/mol. The van der Waals surface area contributed by atoms with Gasteiger partial charge in [0.25, 0.3) is 0 Å². The summed E-state index contributed by atoms with van der Waals surface area (Å²) in [4.78, 5) is 0. The first-order valence-corrected chi connectivity index (χ1v) is 7.09. The van der Waals surface area contributed by atoms with E-state index in [0.717, 1.165) is 4.48 Å². The maximum Gasteiger partial charge on any atom is 0.137 e. The standard InChI is InChI=1S/C15H5N4.C4H12N/c16-6-10(7-17)14-5-15(11(8-18)9-19)13-4-2-1-3-12(13)14;1-5(2,3)4/h1-5H;1-4H3/q-1;+1. The lowest BCUT2D eigenvalue weighted by molar-refractivity contribution is -0.849. The van der Waals surface area contributed by atoms with E-state index in [1.807, 2.05) is 24.1 Å². The van der Waals surface area contributed by atoms with Crippen LogP contribution in [0.15, 0.2) is 41.5 Å². The Morgan fingerprint density at radius 2 is 1.42 bits per heavy atom. The number of quaternary nitrogens is 1. The Labute approximate surface area is 142 Å². The van der Waals surface area contributed by atoms with Crippen LogP contribution in [0.2, 0.25) is 0 Å². The predicted octanol–water partition coefficient (Wildman–Crippen LogP) is 2.90. The summed E-state index contributed by atoms with van der Waals surface area (Å²) >= 11 is 0. The maximum absolute atomic E-state index is 8.95. The van der Waals surface area contributed by atoms with Crippen molar-refractivity contribution in [3.05, 3.63) is 58.0 Å². The highest BCUT2D eigenvalue weighted by Crippen LogP contribution is 2.39. The first kappa shape index (κ1) is 18.6. The zero-order chi connectivity index (χ0) is 18.3. The van der Waals surface area contributed by atoms with Gasteiger partial charge in [-0.1, -0.05) is 24.3 Å². The second kappa shape index (κ2) is 7.73. The topological polar surface area (TPSA) is 93.7 Å². The highest BCUT2D eigenvalue weighted by Gasteiger charge is 2.22. The van der Waals surface area contributed by atoms with Gasteiger partial charge in [0.15, 0.2) is 0 Å². The zero-order valence-corrected chi connectivity index (χ0v) is 14.1. The van der Waals surface area contributed by atoms with E-state index in [2.05, 4.69) is 28.2 Å². The molecular formula is C19H17N5. The van der Waals surface area contributed by atoms with Crippen molar-refractivity contribution >= 4 is 17.0 Å². The molecule has 0 saturated heterocycles. The van der Waals surface area contributed by atoms with Crippen LogP contribution < -0.4 is 0 Å². The van der Waals surface area contributed by atoms with Gasteiger partial charge in [-0.3, -0.25) is 0 Å². The Hall–Kier alpha value is -3.42. The van der Waals surface area contributed by atoms with Crippen molar-refractivity contribution in [1.29, 1.82) is 15.8 Å². The maximum atomic E-state index is 8.95. The zero-order valence-electron chi connectivity index (χ0n) is 14.1. The van der Waals surface area contributed by atoms with Crippen LogP contribution in [0.25, 0.3) is 16.6 Å². The van der Waals surface area contributed by atoms with E-state index in [0.29, 0.717) is 22.3 Å². The van der Waals surface area contributed by atoms with Gasteiger partial charge in [0.05, 0.1) is 33.8 Å². The van der Waals surface area contributed by atoms with Gasteiger partial charge in [-0.15, -0.1) is 0 Å². The fraction of sp³-hybridized carbons (Fsp3) is 0.211. The SMILES string of the molecule is C[N+](C)(C)C.N#CC(=C=[N-])C1=CC(=C(C#N)C#N)c2ccccc21. The molecule has 0 bridgehead atoms. The molecule has 24 heavy (non-hydrogen) atoms. The van der Waals surface area contributed by atoms with E-state index < -0.39 is 0 Å². The summed E-state index contributed by atoms with van der Waals surface area (Å²) in [6.45, 7) is 0. The number of nitrogens with zero attached hydrogens (tertiary/aromatic N) is 5. The lowest BCUT2D eigenvalue weighted by atomic mass is 9.99. The summed E-state index contributed by atoms with van der Waals surface area (Å²) in [6.07, 6.45) is 1.55. The van der Waals surface area contributed by atoms with E-state index in [9.17, 15) is 0 Å². The predicted molar refractivity (Wildman–Crippen MR) is 94.0 cm³/mol. The van der Waals surface area contributed by atoms with Crippen LogP contribution in [0.1, 0.15) is 11.1 Å². The van der Waals surface area contributed by atoms with Crippen LogP contribution in [-0.4, -0.2) is 38.5 Å². The van der Waals surface area contributed by atoms with E-state index in [1.54, 1.807) is 30.3 Å². The molecule has 0 saturated carbocycles. The summed E-state index contributed by atoms with van der Waals surface area (Å²) in [7, 11) is 8.50. The smallest absolute Gasteiger partial charge is 0.137 e. The van der Waals surface area contributed by atoms with Crippen molar-refractivity contribution in [3.8, 4) is 18.2 Å². The molecule has 1 aromatic rings. The second-order valence-corrected chi connectivity index (χ2v) is 6.40. The van der Waals surface area contributed by atoms with Crippen LogP contribution >= 0.6 is 0 Å². The summed E-state index contributed by atoms with van der Waals surface area (Å²) < 4.78 is 1.00. The molecule has 2 rings (SSSR count). The minimum absolute atomic E-state index is 0.0299. The number of fused-ring (bicyclic) bond motifs is 1. The number of rotatable bonds is 1. The number of hydrogen-bond acceptors (Lipinski definition) is 3. The molecular weight excluding hydrogens is 298 g/mol. The average Bonchev–Trinajstić information content (AvgIpc) is 2.89.